The van der Waals surface area contributed by atoms with E-state index in [1.54, 1.807) is 6.20 Å². The minimum absolute atomic E-state index is 0.364. The van der Waals surface area contributed by atoms with Crippen molar-refractivity contribution in [1.29, 1.82) is 0 Å². The minimum atomic E-state index is 0.364. The molecule has 3 N–H and O–H groups in total. The fourth-order valence-corrected chi connectivity index (χ4v) is 2.58. The monoisotopic (exact) mass is 205 g/mol. The predicted octanol–water partition coefficient (Wildman–Crippen LogP) is -0.286. The number of hydrogen-bond donors (Lipinski definition) is 2. The summed E-state index contributed by atoms with van der Waals surface area (Å²) < 4.78 is 0. The molecule has 80 valence electrons. The van der Waals surface area contributed by atoms with Gasteiger partial charge in [-0.05, 0) is 17.9 Å². The van der Waals surface area contributed by atoms with Crippen molar-refractivity contribution in [2.24, 2.45) is 11.8 Å². The third-order valence-electron chi connectivity index (χ3n) is 3.37. The molecule has 5 heteroatoms. The molecule has 0 bridgehead atoms. The van der Waals surface area contributed by atoms with Crippen molar-refractivity contribution in [3.63, 3.8) is 0 Å². The van der Waals surface area contributed by atoms with Gasteiger partial charge in [-0.1, -0.05) is 0 Å². The van der Waals surface area contributed by atoms with Gasteiger partial charge in [-0.25, -0.2) is 4.98 Å². The van der Waals surface area contributed by atoms with E-state index in [2.05, 4.69) is 20.2 Å². The lowest BCUT2D eigenvalue weighted by Crippen LogP contribution is -2.26. The maximum absolute atomic E-state index is 5.58. The van der Waals surface area contributed by atoms with Gasteiger partial charge in [0, 0.05) is 32.4 Å². The van der Waals surface area contributed by atoms with Gasteiger partial charge in [-0.2, -0.15) is 4.98 Å². The van der Waals surface area contributed by atoms with Crippen LogP contribution in [0.3, 0.4) is 0 Å². The molecular formula is C10H15N5. The van der Waals surface area contributed by atoms with Crippen LogP contribution in [0.15, 0.2) is 12.3 Å². The van der Waals surface area contributed by atoms with Gasteiger partial charge in [0.2, 0.25) is 5.95 Å². The second-order valence-corrected chi connectivity index (χ2v) is 4.36. The van der Waals surface area contributed by atoms with Crippen LogP contribution < -0.4 is 16.0 Å². The van der Waals surface area contributed by atoms with E-state index in [0.29, 0.717) is 5.95 Å². The summed E-state index contributed by atoms with van der Waals surface area (Å²) in [5.41, 5.74) is 5.58. The summed E-state index contributed by atoms with van der Waals surface area (Å²) >= 11 is 0. The van der Waals surface area contributed by atoms with Crippen LogP contribution in [0.2, 0.25) is 0 Å². The first-order valence-electron chi connectivity index (χ1n) is 5.37. The molecule has 2 saturated heterocycles. The Kier molecular flexibility index (Phi) is 1.98. The molecule has 0 aromatic carbocycles. The van der Waals surface area contributed by atoms with E-state index in [1.807, 2.05) is 6.07 Å². The van der Waals surface area contributed by atoms with Gasteiger partial charge in [0.25, 0.3) is 0 Å². The van der Waals surface area contributed by atoms with Crippen molar-refractivity contribution in [2.75, 3.05) is 36.8 Å². The van der Waals surface area contributed by atoms with Crippen molar-refractivity contribution < 1.29 is 0 Å². The molecule has 0 amide bonds. The average molecular weight is 205 g/mol. The van der Waals surface area contributed by atoms with E-state index < -0.39 is 0 Å². The number of nitrogens with one attached hydrogen (secondary N) is 1. The maximum atomic E-state index is 5.58. The molecule has 2 atom stereocenters. The number of anilines is 2. The summed E-state index contributed by atoms with van der Waals surface area (Å²) in [5, 5.41) is 3.42. The quantitative estimate of drug-likeness (QED) is 0.659. The van der Waals surface area contributed by atoms with Gasteiger partial charge in [0.1, 0.15) is 5.82 Å². The number of aromatic nitrogens is 2. The first-order chi connectivity index (χ1) is 7.33. The lowest BCUT2D eigenvalue weighted by molar-refractivity contribution is 0.533. The Morgan fingerprint density at radius 1 is 1.33 bits per heavy atom. The maximum Gasteiger partial charge on any atom is 0.221 e. The molecule has 2 fully saturated rings. The second kappa shape index (κ2) is 3.34. The molecule has 1 aromatic heterocycles. The van der Waals surface area contributed by atoms with Crippen LogP contribution in [0.1, 0.15) is 0 Å². The van der Waals surface area contributed by atoms with E-state index >= 15 is 0 Å². The lowest BCUT2D eigenvalue weighted by Gasteiger charge is -2.18. The zero-order valence-corrected chi connectivity index (χ0v) is 8.56. The standard InChI is InChI=1S/C10H15N5/c11-10-13-2-1-9(14-10)15-5-7-3-12-4-8(7)6-15/h1-2,7-8,12H,3-6H2,(H2,11,13,14)/t7-,8-/m0/s1. The van der Waals surface area contributed by atoms with Gasteiger partial charge >= 0.3 is 0 Å². The van der Waals surface area contributed by atoms with Crippen molar-refractivity contribution in [3.05, 3.63) is 12.3 Å². The lowest BCUT2D eigenvalue weighted by atomic mass is 10.0. The Bertz CT molecular complexity index is 355. The van der Waals surface area contributed by atoms with Crippen molar-refractivity contribution in [1.82, 2.24) is 15.3 Å². The third kappa shape index (κ3) is 1.52. The Labute approximate surface area is 88.7 Å². The Morgan fingerprint density at radius 3 is 2.73 bits per heavy atom. The van der Waals surface area contributed by atoms with Crippen LogP contribution in [-0.2, 0) is 0 Å². The summed E-state index contributed by atoms with van der Waals surface area (Å²) in [7, 11) is 0. The van der Waals surface area contributed by atoms with Gasteiger partial charge in [-0.15, -0.1) is 0 Å². The first kappa shape index (κ1) is 8.91. The van der Waals surface area contributed by atoms with Crippen molar-refractivity contribution in [3.8, 4) is 0 Å². The zero-order valence-electron chi connectivity index (χ0n) is 8.56. The van der Waals surface area contributed by atoms with Crippen LogP contribution in [0.4, 0.5) is 11.8 Å². The highest BCUT2D eigenvalue weighted by atomic mass is 15.2. The summed E-state index contributed by atoms with van der Waals surface area (Å²) in [6.07, 6.45) is 1.73. The number of nitrogen functional groups attached to an aromatic ring is 1. The van der Waals surface area contributed by atoms with Gasteiger partial charge in [0.05, 0.1) is 0 Å². The molecule has 3 rings (SSSR count). The summed E-state index contributed by atoms with van der Waals surface area (Å²) in [6.45, 7) is 4.46. The molecule has 3 heterocycles. The van der Waals surface area contributed by atoms with E-state index in [9.17, 15) is 0 Å². The molecule has 1 aromatic rings. The van der Waals surface area contributed by atoms with Crippen LogP contribution in [0.5, 0.6) is 0 Å². The Hall–Kier alpha value is -1.36. The normalized spacial score (nSPS) is 29.5. The molecule has 0 unspecified atom stereocenters. The number of nitrogens with zero attached hydrogens (tertiary/aromatic N) is 3. The topological polar surface area (TPSA) is 67.1 Å². The van der Waals surface area contributed by atoms with Gasteiger partial charge in [0.15, 0.2) is 0 Å². The van der Waals surface area contributed by atoms with Crippen molar-refractivity contribution in [2.45, 2.75) is 0 Å². The number of nitrogens with two attached hydrogens (primary N) is 1. The highest BCUT2D eigenvalue weighted by molar-refractivity contribution is 5.42. The third-order valence-corrected chi connectivity index (χ3v) is 3.37. The number of rotatable bonds is 1. The van der Waals surface area contributed by atoms with E-state index in [0.717, 1.165) is 43.8 Å². The number of hydrogen-bond acceptors (Lipinski definition) is 5. The highest BCUT2D eigenvalue weighted by Gasteiger charge is 2.36. The van der Waals surface area contributed by atoms with E-state index in [4.69, 9.17) is 5.73 Å². The second-order valence-electron chi connectivity index (χ2n) is 4.36. The summed E-state index contributed by atoms with van der Waals surface area (Å²) in [4.78, 5) is 10.5. The van der Waals surface area contributed by atoms with Crippen LogP contribution in [-0.4, -0.2) is 36.1 Å². The van der Waals surface area contributed by atoms with Crippen LogP contribution >= 0.6 is 0 Å². The molecule has 0 aliphatic carbocycles. The molecule has 0 radical (unpaired) electrons. The molecular weight excluding hydrogens is 190 g/mol. The molecule has 5 nitrogen and oxygen atoms in total. The largest absolute Gasteiger partial charge is 0.368 e. The first-order valence-corrected chi connectivity index (χ1v) is 5.37. The molecule has 0 spiro atoms. The SMILES string of the molecule is Nc1nccc(N2C[C@@H]3CNC[C@H]3C2)n1. The van der Waals surface area contributed by atoms with Gasteiger partial charge < -0.3 is 16.0 Å². The Balaban J connectivity index is 1.79. The van der Waals surface area contributed by atoms with Crippen LogP contribution in [0.25, 0.3) is 0 Å². The molecule has 2 aliphatic heterocycles. The van der Waals surface area contributed by atoms with Crippen molar-refractivity contribution >= 4 is 11.8 Å². The average Bonchev–Trinajstić information content (AvgIpc) is 2.76. The highest BCUT2D eigenvalue weighted by Crippen LogP contribution is 2.29. The predicted molar refractivity (Wildman–Crippen MR) is 58.5 cm³/mol. The minimum Gasteiger partial charge on any atom is -0.368 e. The summed E-state index contributed by atoms with van der Waals surface area (Å²) in [5.74, 6) is 2.89. The Morgan fingerprint density at radius 2 is 2.07 bits per heavy atom. The van der Waals surface area contributed by atoms with E-state index in [-0.39, 0.29) is 0 Å². The fraction of sp³-hybridized carbons (Fsp3) is 0.600. The van der Waals surface area contributed by atoms with E-state index in [1.165, 1.54) is 0 Å². The fourth-order valence-electron chi connectivity index (χ4n) is 2.58. The molecule has 2 aliphatic rings. The summed E-state index contributed by atoms with van der Waals surface area (Å²) in [6, 6.07) is 1.94. The molecule has 15 heavy (non-hydrogen) atoms. The number of fused-ring (bicyclic) bond motifs is 1. The van der Waals surface area contributed by atoms with Crippen LogP contribution in [0, 0.1) is 11.8 Å². The smallest absolute Gasteiger partial charge is 0.221 e. The molecule has 0 saturated carbocycles. The van der Waals surface area contributed by atoms with Gasteiger partial charge in [-0.3, -0.25) is 0 Å². The zero-order chi connectivity index (χ0) is 10.3.